The van der Waals surface area contributed by atoms with Crippen LogP contribution in [0.5, 0.6) is 0 Å². The number of halogens is 3. The zero-order chi connectivity index (χ0) is 9.14. The fraction of sp³-hybridized carbons (Fsp3) is 0.286. The minimum absolute atomic E-state index is 0.0926. The highest BCUT2D eigenvalue weighted by molar-refractivity contribution is 5.22. The van der Waals surface area contributed by atoms with E-state index < -0.39 is 17.8 Å². The number of alkyl halides is 2. The van der Waals surface area contributed by atoms with E-state index in [-0.39, 0.29) is 12.2 Å². The molecule has 2 nitrogen and oxygen atoms in total. The van der Waals surface area contributed by atoms with Crippen molar-refractivity contribution in [3.63, 3.8) is 0 Å². The van der Waals surface area contributed by atoms with Crippen LogP contribution in [0.2, 0.25) is 0 Å². The zero-order valence-corrected chi connectivity index (χ0v) is 6.10. The standard InChI is InChI=1S/C7H7F3N2/c8-4-1-2-12-5(3-11)6(4)7(9)10/h1-2,7H,3,11H2. The molecule has 12 heavy (non-hydrogen) atoms. The van der Waals surface area contributed by atoms with Gasteiger partial charge in [0.15, 0.2) is 0 Å². The molecule has 0 saturated heterocycles. The summed E-state index contributed by atoms with van der Waals surface area (Å²) in [7, 11) is 0. The van der Waals surface area contributed by atoms with Crippen LogP contribution in [0.3, 0.4) is 0 Å². The van der Waals surface area contributed by atoms with Crippen molar-refractivity contribution in [1.82, 2.24) is 4.98 Å². The third-order valence-corrected chi connectivity index (χ3v) is 1.43. The molecule has 0 aliphatic carbocycles. The quantitative estimate of drug-likeness (QED) is 0.743. The third-order valence-electron chi connectivity index (χ3n) is 1.43. The van der Waals surface area contributed by atoms with E-state index in [1.54, 1.807) is 0 Å². The van der Waals surface area contributed by atoms with Gasteiger partial charge < -0.3 is 5.73 Å². The van der Waals surface area contributed by atoms with Gasteiger partial charge in [-0.2, -0.15) is 0 Å². The monoisotopic (exact) mass is 176 g/mol. The molecule has 5 heteroatoms. The van der Waals surface area contributed by atoms with Crippen LogP contribution < -0.4 is 5.73 Å². The fourth-order valence-corrected chi connectivity index (χ4v) is 0.883. The molecule has 1 aromatic heterocycles. The SMILES string of the molecule is NCc1nccc(F)c1C(F)F. The van der Waals surface area contributed by atoms with E-state index in [9.17, 15) is 13.2 Å². The molecule has 1 rings (SSSR count). The maximum atomic E-state index is 12.7. The lowest BCUT2D eigenvalue weighted by molar-refractivity contribution is 0.144. The number of nitrogens with two attached hydrogens (primary N) is 1. The third kappa shape index (κ3) is 1.55. The van der Waals surface area contributed by atoms with Crippen LogP contribution in [-0.4, -0.2) is 4.98 Å². The highest BCUT2D eigenvalue weighted by Crippen LogP contribution is 2.23. The first kappa shape index (κ1) is 8.99. The van der Waals surface area contributed by atoms with Crippen molar-refractivity contribution in [3.8, 4) is 0 Å². The van der Waals surface area contributed by atoms with Gasteiger partial charge in [-0.3, -0.25) is 4.98 Å². The molecular weight excluding hydrogens is 169 g/mol. The van der Waals surface area contributed by atoms with Crippen LogP contribution in [0.1, 0.15) is 17.7 Å². The number of nitrogens with zero attached hydrogens (tertiary/aromatic N) is 1. The number of rotatable bonds is 2. The lowest BCUT2D eigenvalue weighted by Crippen LogP contribution is -2.06. The Bertz CT molecular complexity index is 275. The largest absolute Gasteiger partial charge is 0.325 e. The van der Waals surface area contributed by atoms with E-state index in [1.807, 2.05) is 0 Å². The van der Waals surface area contributed by atoms with Crippen LogP contribution >= 0.6 is 0 Å². The molecular formula is C7H7F3N2. The fourth-order valence-electron chi connectivity index (χ4n) is 0.883. The average molecular weight is 176 g/mol. The first-order chi connectivity index (χ1) is 5.66. The van der Waals surface area contributed by atoms with Gasteiger partial charge in [-0.25, -0.2) is 13.2 Å². The van der Waals surface area contributed by atoms with Crippen molar-refractivity contribution >= 4 is 0 Å². The number of aromatic nitrogens is 1. The second-order valence-electron chi connectivity index (χ2n) is 2.16. The predicted molar refractivity (Wildman–Crippen MR) is 37.0 cm³/mol. The van der Waals surface area contributed by atoms with Gasteiger partial charge in [0.25, 0.3) is 6.43 Å². The minimum Gasteiger partial charge on any atom is -0.325 e. The molecule has 0 spiro atoms. The van der Waals surface area contributed by atoms with Gasteiger partial charge in [-0.15, -0.1) is 0 Å². The number of pyridine rings is 1. The Morgan fingerprint density at radius 1 is 1.50 bits per heavy atom. The number of hydrogen-bond acceptors (Lipinski definition) is 2. The first-order valence-electron chi connectivity index (χ1n) is 3.28. The topological polar surface area (TPSA) is 38.9 Å². The van der Waals surface area contributed by atoms with Gasteiger partial charge in [0, 0.05) is 12.7 Å². The van der Waals surface area contributed by atoms with Crippen LogP contribution in [0.4, 0.5) is 13.2 Å². The maximum absolute atomic E-state index is 12.7. The average Bonchev–Trinajstić information content (AvgIpc) is 2.03. The summed E-state index contributed by atoms with van der Waals surface area (Å²) in [4.78, 5) is 3.53. The van der Waals surface area contributed by atoms with Crippen molar-refractivity contribution in [2.45, 2.75) is 13.0 Å². The molecule has 0 aromatic carbocycles. The summed E-state index contributed by atoms with van der Waals surface area (Å²) in [5.74, 6) is -0.958. The lowest BCUT2D eigenvalue weighted by Gasteiger charge is -2.05. The van der Waals surface area contributed by atoms with Crippen LogP contribution in [0.25, 0.3) is 0 Å². The van der Waals surface area contributed by atoms with Crippen molar-refractivity contribution in [2.75, 3.05) is 0 Å². The Hall–Kier alpha value is -1.10. The molecule has 0 radical (unpaired) electrons. The molecule has 0 aliphatic rings. The van der Waals surface area contributed by atoms with E-state index in [0.29, 0.717) is 0 Å². The van der Waals surface area contributed by atoms with Crippen LogP contribution in [0.15, 0.2) is 12.3 Å². The van der Waals surface area contributed by atoms with Crippen molar-refractivity contribution < 1.29 is 13.2 Å². The first-order valence-corrected chi connectivity index (χ1v) is 3.28. The maximum Gasteiger partial charge on any atom is 0.268 e. The zero-order valence-electron chi connectivity index (χ0n) is 6.10. The van der Waals surface area contributed by atoms with Crippen LogP contribution in [0, 0.1) is 5.82 Å². The van der Waals surface area contributed by atoms with Gasteiger partial charge in [0.05, 0.1) is 11.3 Å². The highest BCUT2D eigenvalue weighted by atomic mass is 19.3. The lowest BCUT2D eigenvalue weighted by atomic mass is 10.2. The molecule has 0 fully saturated rings. The molecule has 1 aromatic rings. The Labute approximate surface area is 67.2 Å². The predicted octanol–water partition coefficient (Wildman–Crippen LogP) is 1.62. The number of hydrogen-bond donors (Lipinski definition) is 1. The van der Waals surface area contributed by atoms with Crippen molar-refractivity contribution in [3.05, 3.63) is 29.3 Å². The van der Waals surface area contributed by atoms with Crippen LogP contribution in [-0.2, 0) is 6.54 Å². The van der Waals surface area contributed by atoms with Gasteiger partial charge >= 0.3 is 0 Å². The van der Waals surface area contributed by atoms with E-state index in [4.69, 9.17) is 5.73 Å². The van der Waals surface area contributed by atoms with E-state index in [0.717, 1.165) is 12.3 Å². The van der Waals surface area contributed by atoms with Crippen molar-refractivity contribution in [1.29, 1.82) is 0 Å². The molecule has 0 unspecified atom stereocenters. The summed E-state index contributed by atoms with van der Waals surface area (Å²) in [5.41, 5.74) is 4.31. The highest BCUT2D eigenvalue weighted by Gasteiger charge is 2.17. The van der Waals surface area contributed by atoms with Gasteiger partial charge in [-0.05, 0) is 6.07 Å². The van der Waals surface area contributed by atoms with Gasteiger partial charge in [-0.1, -0.05) is 0 Å². The summed E-state index contributed by atoms with van der Waals surface area (Å²) in [6.45, 7) is -0.183. The smallest absolute Gasteiger partial charge is 0.268 e. The van der Waals surface area contributed by atoms with Crippen molar-refractivity contribution in [2.24, 2.45) is 5.73 Å². The normalized spacial score (nSPS) is 10.8. The Kier molecular flexibility index (Phi) is 2.65. The summed E-state index contributed by atoms with van der Waals surface area (Å²) in [5, 5.41) is 0. The molecule has 0 saturated carbocycles. The molecule has 2 N–H and O–H groups in total. The minimum atomic E-state index is -2.86. The van der Waals surface area contributed by atoms with Gasteiger partial charge in [0.2, 0.25) is 0 Å². The second kappa shape index (κ2) is 3.53. The molecule has 66 valence electrons. The second-order valence-corrected chi connectivity index (χ2v) is 2.16. The molecule has 0 bridgehead atoms. The van der Waals surface area contributed by atoms with E-state index >= 15 is 0 Å². The summed E-state index contributed by atoms with van der Waals surface area (Å²) >= 11 is 0. The summed E-state index contributed by atoms with van der Waals surface area (Å²) in [6.07, 6.45) is -1.75. The van der Waals surface area contributed by atoms with E-state index in [1.165, 1.54) is 0 Å². The molecule has 1 heterocycles. The Balaban J connectivity index is 3.20. The summed E-state index contributed by atoms with van der Waals surface area (Å²) in [6, 6.07) is 0.890. The summed E-state index contributed by atoms with van der Waals surface area (Å²) < 4.78 is 37.0. The Morgan fingerprint density at radius 3 is 2.58 bits per heavy atom. The Morgan fingerprint density at radius 2 is 2.17 bits per heavy atom. The molecule has 0 atom stereocenters. The molecule has 0 amide bonds. The van der Waals surface area contributed by atoms with Gasteiger partial charge in [0.1, 0.15) is 5.82 Å². The molecule has 0 aliphatic heterocycles. The van der Waals surface area contributed by atoms with E-state index in [2.05, 4.69) is 4.98 Å².